The summed E-state index contributed by atoms with van der Waals surface area (Å²) in [5.74, 6) is -0.394. The van der Waals surface area contributed by atoms with Crippen molar-refractivity contribution >= 4 is 5.97 Å². The minimum atomic E-state index is -0.577. The van der Waals surface area contributed by atoms with E-state index in [1.807, 2.05) is 20.8 Å². The molecule has 0 fully saturated rings. The number of nitrogens with two attached hydrogens (primary N) is 1. The van der Waals surface area contributed by atoms with Crippen LogP contribution in [0.3, 0.4) is 0 Å². The summed E-state index contributed by atoms with van der Waals surface area (Å²) < 4.78 is 10.5. The lowest BCUT2D eigenvalue weighted by Crippen LogP contribution is -2.34. The molecule has 0 bridgehead atoms. The smallest absolute Gasteiger partial charge is 0.322 e. The normalized spacial score (nSPS) is 16.1. The van der Waals surface area contributed by atoms with Gasteiger partial charge in [-0.15, -0.1) is 0 Å². The first-order valence-electron chi connectivity index (χ1n) is 4.82. The molecular weight excluding hydrogens is 182 g/mol. The van der Waals surface area contributed by atoms with E-state index >= 15 is 0 Å². The minimum absolute atomic E-state index is 0.213. The molecular formula is C10H21NO3. The average Bonchev–Trinajstić information content (AvgIpc) is 1.99. The van der Waals surface area contributed by atoms with Gasteiger partial charge in [-0.3, -0.25) is 4.79 Å². The van der Waals surface area contributed by atoms with Crippen molar-refractivity contribution in [2.75, 3.05) is 6.61 Å². The van der Waals surface area contributed by atoms with Gasteiger partial charge in [-0.25, -0.2) is 0 Å². The SMILES string of the molecule is C[C@H](N)C(=O)O[C@@H](C)COC(C)(C)C. The summed E-state index contributed by atoms with van der Waals surface area (Å²) in [6, 6.07) is -0.577. The first kappa shape index (κ1) is 13.4. The molecule has 4 heteroatoms. The zero-order chi connectivity index (χ0) is 11.4. The van der Waals surface area contributed by atoms with Gasteiger partial charge in [0.1, 0.15) is 12.1 Å². The van der Waals surface area contributed by atoms with E-state index in [0.717, 1.165) is 0 Å². The Morgan fingerprint density at radius 2 is 1.86 bits per heavy atom. The van der Waals surface area contributed by atoms with Crippen LogP contribution < -0.4 is 5.73 Å². The maximum atomic E-state index is 11.1. The number of carbonyl (C=O) groups excluding carboxylic acids is 1. The predicted molar refractivity (Wildman–Crippen MR) is 54.9 cm³/mol. The Balaban J connectivity index is 3.77. The third-order valence-corrected chi connectivity index (χ3v) is 1.44. The van der Waals surface area contributed by atoms with E-state index in [2.05, 4.69) is 0 Å². The van der Waals surface area contributed by atoms with E-state index in [1.165, 1.54) is 0 Å². The van der Waals surface area contributed by atoms with E-state index in [4.69, 9.17) is 15.2 Å². The Morgan fingerprint density at radius 3 is 2.21 bits per heavy atom. The van der Waals surface area contributed by atoms with Gasteiger partial charge in [0.2, 0.25) is 0 Å². The molecule has 2 N–H and O–H groups in total. The molecule has 0 radical (unpaired) electrons. The second-order valence-electron chi connectivity index (χ2n) is 4.46. The van der Waals surface area contributed by atoms with E-state index in [0.29, 0.717) is 6.61 Å². The molecule has 0 aromatic heterocycles. The van der Waals surface area contributed by atoms with Crippen LogP contribution in [0.15, 0.2) is 0 Å². The van der Waals surface area contributed by atoms with Crippen LogP contribution >= 0.6 is 0 Å². The molecule has 0 aromatic carbocycles. The molecule has 0 saturated carbocycles. The molecule has 4 nitrogen and oxygen atoms in total. The fourth-order valence-corrected chi connectivity index (χ4v) is 0.707. The van der Waals surface area contributed by atoms with Gasteiger partial charge in [0.25, 0.3) is 0 Å². The van der Waals surface area contributed by atoms with Gasteiger partial charge in [0, 0.05) is 0 Å². The lowest BCUT2D eigenvalue weighted by molar-refractivity contribution is -0.155. The van der Waals surface area contributed by atoms with Crippen molar-refractivity contribution < 1.29 is 14.3 Å². The van der Waals surface area contributed by atoms with Crippen LogP contribution in [0.4, 0.5) is 0 Å². The van der Waals surface area contributed by atoms with E-state index in [1.54, 1.807) is 13.8 Å². The molecule has 0 rings (SSSR count). The maximum absolute atomic E-state index is 11.1. The second kappa shape index (κ2) is 5.32. The number of rotatable bonds is 4. The summed E-state index contributed by atoms with van der Waals surface area (Å²) >= 11 is 0. The van der Waals surface area contributed by atoms with E-state index in [-0.39, 0.29) is 11.7 Å². The van der Waals surface area contributed by atoms with Gasteiger partial charge in [-0.2, -0.15) is 0 Å². The van der Waals surface area contributed by atoms with Crippen LogP contribution in [-0.4, -0.2) is 30.3 Å². The van der Waals surface area contributed by atoms with Crippen LogP contribution in [0.1, 0.15) is 34.6 Å². The van der Waals surface area contributed by atoms with Gasteiger partial charge < -0.3 is 15.2 Å². The summed E-state index contributed by atoms with van der Waals surface area (Å²) in [6.07, 6.45) is -0.257. The lowest BCUT2D eigenvalue weighted by atomic mass is 10.2. The standard InChI is InChI=1S/C10H21NO3/c1-7(6-13-10(3,4)5)14-9(12)8(2)11/h7-8H,6,11H2,1-5H3/t7-,8-/m0/s1. The number of hydrogen-bond acceptors (Lipinski definition) is 4. The lowest BCUT2D eigenvalue weighted by Gasteiger charge is -2.22. The topological polar surface area (TPSA) is 61.6 Å². The summed E-state index contributed by atoms with van der Waals surface area (Å²) in [5, 5.41) is 0. The second-order valence-corrected chi connectivity index (χ2v) is 4.46. The average molecular weight is 203 g/mol. The zero-order valence-electron chi connectivity index (χ0n) is 9.66. The van der Waals surface area contributed by atoms with Gasteiger partial charge in [0.15, 0.2) is 0 Å². The molecule has 0 aromatic rings. The number of esters is 1. The van der Waals surface area contributed by atoms with Crippen LogP contribution in [-0.2, 0) is 14.3 Å². The molecule has 0 heterocycles. The quantitative estimate of drug-likeness (QED) is 0.694. The van der Waals surface area contributed by atoms with Crippen molar-refractivity contribution in [2.24, 2.45) is 5.73 Å². The summed E-state index contributed by atoms with van der Waals surface area (Å²) in [4.78, 5) is 11.1. The molecule has 0 aliphatic heterocycles. The summed E-state index contributed by atoms with van der Waals surface area (Å²) in [6.45, 7) is 9.63. The number of carbonyl (C=O) groups is 1. The van der Waals surface area contributed by atoms with Gasteiger partial charge in [-0.05, 0) is 34.6 Å². The van der Waals surface area contributed by atoms with Crippen molar-refractivity contribution in [1.82, 2.24) is 0 Å². The molecule has 0 unspecified atom stereocenters. The predicted octanol–water partition coefficient (Wildman–Crippen LogP) is 1.08. The molecule has 14 heavy (non-hydrogen) atoms. The highest BCUT2D eigenvalue weighted by molar-refractivity contribution is 5.75. The van der Waals surface area contributed by atoms with Crippen molar-refractivity contribution in [2.45, 2.75) is 52.4 Å². The van der Waals surface area contributed by atoms with Crippen LogP contribution in [0.2, 0.25) is 0 Å². The van der Waals surface area contributed by atoms with Gasteiger partial charge in [0.05, 0.1) is 12.2 Å². The van der Waals surface area contributed by atoms with Crippen LogP contribution in [0.5, 0.6) is 0 Å². The van der Waals surface area contributed by atoms with E-state index in [9.17, 15) is 4.79 Å². The van der Waals surface area contributed by atoms with E-state index < -0.39 is 12.0 Å². The fraction of sp³-hybridized carbons (Fsp3) is 0.900. The molecule has 2 atom stereocenters. The monoisotopic (exact) mass is 203 g/mol. The van der Waals surface area contributed by atoms with Crippen molar-refractivity contribution in [3.05, 3.63) is 0 Å². The fourth-order valence-electron chi connectivity index (χ4n) is 0.707. The van der Waals surface area contributed by atoms with Crippen LogP contribution in [0, 0.1) is 0 Å². The first-order valence-corrected chi connectivity index (χ1v) is 4.82. The summed E-state index contributed by atoms with van der Waals surface area (Å²) in [7, 11) is 0. The number of hydrogen-bond donors (Lipinski definition) is 1. The molecule has 0 saturated heterocycles. The number of ether oxygens (including phenoxy) is 2. The van der Waals surface area contributed by atoms with Gasteiger partial charge >= 0.3 is 5.97 Å². The van der Waals surface area contributed by atoms with Crippen LogP contribution in [0.25, 0.3) is 0 Å². The maximum Gasteiger partial charge on any atom is 0.322 e. The first-order chi connectivity index (χ1) is 6.22. The van der Waals surface area contributed by atoms with Crippen molar-refractivity contribution in [3.63, 3.8) is 0 Å². The Bertz CT molecular complexity index is 184. The zero-order valence-corrected chi connectivity index (χ0v) is 9.66. The molecule has 84 valence electrons. The van der Waals surface area contributed by atoms with Crippen molar-refractivity contribution in [3.8, 4) is 0 Å². The Kier molecular flexibility index (Phi) is 5.08. The Labute approximate surface area is 85.8 Å². The molecule has 0 aliphatic rings. The Morgan fingerprint density at radius 1 is 1.36 bits per heavy atom. The minimum Gasteiger partial charge on any atom is -0.459 e. The molecule has 0 spiro atoms. The molecule has 0 aliphatic carbocycles. The summed E-state index contributed by atoms with van der Waals surface area (Å²) in [5.41, 5.74) is 5.14. The highest BCUT2D eigenvalue weighted by Crippen LogP contribution is 2.08. The van der Waals surface area contributed by atoms with Gasteiger partial charge in [-0.1, -0.05) is 0 Å². The third kappa shape index (κ3) is 6.86. The largest absolute Gasteiger partial charge is 0.459 e. The highest BCUT2D eigenvalue weighted by Gasteiger charge is 2.16. The third-order valence-electron chi connectivity index (χ3n) is 1.44. The Hall–Kier alpha value is -0.610. The highest BCUT2D eigenvalue weighted by atomic mass is 16.6. The molecule has 0 amide bonds. The van der Waals surface area contributed by atoms with Crippen molar-refractivity contribution in [1.29, 1.82) is 0 Å².